The molecule has 0 amide bonds. The monoisotopic (exact) mass is 566 g/mol. The lowest BCUT2D eigenvalue weighted by atomic mass is 10.0. The van der Waals surface area contributed by atoms with Crippen molar-refractivity contribution in [2.75, 3.05) is 32.9 Å². The van der Waals surface area contributed by atoms with Gasteiger partial charge in [0.1, 0.15) is 11.6 Å². The number of phenolic OH excluding ortho intramolecular Hbond substituents is 1. The van der Waals surface area contributed by atoms with E-state index < -0.39 is 16.8 Å². The number of phenols is 1. The smallest absolute Gasteiger partial charge is 0.340 e. The normalized spacial score (nSPS) is 15.4. The number of benzene rings is 2. The van der Waals surface area contributed by atoms with Gasteiger partial charge in [-0.2, -0.15) is 0 Å². The molecule has 1 unspecified atom stereocenters. The van der Waals surface area contributed by atoms with E-state index in [1.165, 1.54) is 12.1 Å². The largest absolute Gasteiger partial charge is 0.506 e. The third-order valence-electron chi connectivity index (χ3n) is 6.12. The van der Waals surface area contributed by atoms with Gasteiger partial charge in [-0.15, -0.1) is 0 Å². The topological polar surface area (TPSA) is 81.0 Å². The zero-order chi connectivity index (χ0) is 25.1. The summed E-state index contributed by atoms with van der Waals surface area (Å²) in [5.41, 5.74) is 2.81. The Hall–Kier alpha value is -2.27. The summed E-state index contributed by atoms with van der Waals surface area (Å²) >= 11 is 3.45. The van der Waals surface area contributed by atoms with Crippen LogP contribution >= 0.6 is 15.9 Å². The zero-order valence-corrected chi connectivity index (χ0v) is 22.1. The molecule has 0 saturated carbocycles. The highest BCUT2D eigenvalue weighted by Crippen LogP contribution is 2.40. The number of nitrogens with zero attached hydrogens (tertiary/aromatic N) is 2. The summed E-state index contributed by atoms with van der Waals surface area (Å²) < 4.78 is 39.9. The average Bonchev–Trinajstić information content (AvgIpc) is 3.09. The Kier molecular flexibility index (Phi) is 8.26. The third-order valence-corrected chi connectivity index (χ3v) is 7.97. The van der Waals surface area contributed by atoms with Gasteiger partial charge in [0.15, 0.2) is 0 Å². The molecule has 1 aliphatic heterocycles. The van der Waals surface area contributed by atoms with Crippen LogP contribution in [-0.2, 0) is 45.4 Å². The first-order valence-corrected chi connectivity index (χ1v) is 13.7. The van der Waals surface area contributed by atoms with Crippen molar-refractivity contribution >= 4 is 43.6 Å². The van der Waals surface area contributed by atoms with Crippen LogP contribution in [0.3, 0.4) is 0 Å². The highest BCUT2D eigenvalue weighted by molar-refractivity contribution is 9.10. The quantitative estimate of drug-likeness (QED) is 0.411. The van der Waals surface area contributed by atoms with E-state index in [9.17, 15) is 18.5 Å². The van der Waals surface area contributed by atoms with Crippen LogP contribution in [0.4, 0.5) is 4.39 Å². The van der Waals surface area contributed by atoms with Crippen LogP contribution in [-0.4, -0.2) is 57.7 Å². The Balaban J connectivity index is 1.81. The molecule has 2 heterocycles. The van der Waals surface area contributed by atoms with Crippen LogP contribution in [0.25, 0.3) is 10.9 Å². The van der Waals surface area contributed by atoms with E-state index >= 15 is 0 Å². The molecule has 35 heavy (non-hydrogen) atoms. The summed E-state index contributed by atoms with van der Waals surface area (Å²) in [6.45, 7) is 4.95. The predicted molar refractivity (Wildman–Crippen MR) is 136 cm³/mol. The van der Waals surface area contributed by atoms with Gasteiger partial charge in [0.2, 0.25) is 0 Å². The number of rotatable bonds is 8. The highest BCUT2D eigenvalue weighted by Gasteiger charge is 2.29. The number of ether oxygens (including phenoxy) is 2. The van der Waals surface area contributed by atoms with Gasteiger partial charge in [-0.25, -0.2) is 9.18 Å². The molecule has 0 spiro atoms. The standard InChI is InChI=1S/C25H28BrFN2O5S/c1-3-34-25(31)23-21(15-35(32)14-16-5-4-6-17(27)11-16)28(2)20-12-19(26)24(30)18(22(20)23)13-29-7-9-33-10-8-29/h4-6,11-12,30H,3,7-10,13-15H2,1-2H3. The van der Waals surface area contributed by atoms with Crippen LogP contribution in [0.1, 0.15) is 34.1 Å². The third kappa shape index (κ3) is 5.61. The number of hydrogen-bond donors (Lipinski definition) is 1. The fraction of sp³-hybridized carbons (Fsp3) is 0.400. The second kappa shape index (κ2) is 11.2. The maximum Gasteiger partial charge on any atom is 0.340 e. The number of morpholine rings is 1. The first kappa shape index (κ1) is 25.8. The van der Waals surface area contributed by atoms with E-state index in [4.69, 9.17) is 9.47 Å². The molecule has 1 fully saturated rings. The van der Waals surface area contributed by atoms with Crippen molar-refractivity contribution in [3.8, 4) is 5.75 Å². The second-order valence-electron chi connectivity index (χ2n) is 8.43. The van der Waals surface area contributed by atoms with Gasteiger partial charge in [-0.05, 0) is 46.6 Å². The number of carbonyl (C=O) groups is 1. The molecule has 1 atom stereocenters. The van der Waals surface area contributed by atoms with Gasteiger partial charge in [0, 0.05) is 59.9 Å². The van der Waals surface area contributed by atoms with Crippen molar-refractivity contribution in [3.63, 3.8) is 0 Å². The number of fused-ring (bicyclic) bond motifs is 1. The minimum Gasteiger partial charge on any atom is -0.506 e. The Morgan fingerprint density at radius 3 is 2.69 bits per heavy atom. The molecule has 4 rings (SSSR count). The van der Waals surface area contributed by atoms with Crippen molar-refractivity contribution in [1.82, 2.24) is 9.47 Å². The van der Waals surface area contributed by atoms with E-state index in [-0.39, 0.29) is 29.7 Å². The Morgan fingerprint density at radius 2 is 2.00 bits per heavy atom. The van der Waals surface area contributed by atoms with Crippen molar-refractivity contribution in [1.29, 1.82) is 0 Å². The fourth-order valence-corrected chi connectivity index (χ4v) is 6.18. The molecule has 0 bridgehead atoms. The molecule has 3 aromatic rings. The number of aromatic hydroxyl groups is 1. The lowest BCUT2D eigenvalue weighted by Crippen LogP contribution is -2.35. The van der Waals surface area contributed by atoms with Gasteiger partial charge in [0.05, 0.1) is 41.1 Å². The molecule has 1 N–H and O–H groups in total. The molecule has 10 heteroatoms. The minimum atomic E-state index is -1.42. The van der Waals surface area contributed by atoms with Crippen LogP contribution in [0.15, 0.2) is 34.8 Å². The van der Waals surface area contributed by atoms with Crippen LogP contribution in [0.5, 0.6) is 5.75 Å². The molecule has 1 saturated heterocycles. The number of halogens is 2. The molecule has 0 aliphatic carbocycles. The summed E-state index contributed by atoms with van der Waals surface area (Å²) in [5.74, 6) is -0.625. The van der Waals surface area contributed by atoms with E-state index in [0.717, 1.165) is 5.52 Å². The summed E-state index contributed by atoms with van der Waals surface area (Å²) in [7, 11) is 0.389. The van der Waals surface area contributed by atoms with Gasteiger partial charge >= 0.3 is 5.97 Å². The Labute approximate surface area is 214 Å². The van der Waals surface area contributed by atoms with Crippen molar-refractivity contribution in [3.05, 3.63) is 63.0 Å². The first-order valence-electron chi connectivity index (χ1n) is 11.4. The maximum atomic E-state index is 13.6. The highest BCUT2D eigenvalue weighted by atomic mass is 79.9. The lowest BCUT2D eigenvalue weighted by Gasteiger charge is -2.27. The number of carbonyl (C=O) groups excluding carboxylic acids is 1. The van der Waals surface area contributed by atoms with E-state index in [1.54, 1.807) is 25.1 Å². The fourth-order valence-electron chi connectivity index (χ4n) is 4.42. The van der Waals surface area contributed by atoms with Crippen molar-refractivity contribution < 1.29 is 28.0 Å². The molecular weight excluding hydrogens is 539 g/mol. The molecule has 2 aromatic carbocycles. The van der Waals surface area contributed by atoms with Gasteiger partial charge < -0.3 is 19.1 Å². The van der Waals surface area contributed by atoms with Crippen LogP contribution in [0, 0.1) is 5.82 Å². The Morgan fingerprint density at radius 1 is 1.26 bits per heavy atom. The lowest BCUT2D eigenvalue weighted by molar-refractivity contribution is 0.0340. The van der Waals surface area contributed by atoms with Crippen molar-refractivity contribution in [2.24, 2.45) is 7.05 Å². The number of aryl methyl sites for hydroxylation is 1. The molecular formula is C25H28BrFN2O5S. The van der Waals surface area contributed by atoms with E-state index in [1.807, 2.05) is 11.6 Å². The number of esters is 1. The summed E-state index contributed by atoms with van der Waals surface area (Å²) in [6, 6.07) is 7.78. The van der Waals surface area contributed by atoms with Gasteiger partial charge in [-0.1, -0.05) is 12.1 Å². The molecule has 1 aromatic heterocycles. The molecule has 188 valence electrons. The van der Waals surface area contributed by atoms with E-state index in [0.29, 0.717) is 65.1 Å². The van der Waals surface area contributed by atoms with Crippen LogP contribution in [0.2, 0.25) is 0 Å². The summed E-state index contributed by atoms with van der Waals surface area (Å²) in [4.78, 5) is 15.4. The zero-order valence-electron chi connectivity index (χ0n) is 19.7. The summed E-state index contributed by atoms with van der Waals surface area (Å²) in [5, 5.41) is 11.6. The molecule has 7 nitrogen and oxygen atoms in total. The second-order valence-corrected chi connectivity index (χ2v) is 10.7. The number of hydrogen-bond acceptors (Lipinski definition) is 6. The average molecular weight is 567 g/mol. The van der Waals surface area contributed by atoms with Crippen molar-refractivity contribution in [2.45, 2.75) is 25.0 Å². The van der Waals surface area contributed by atoms with Gasteiger partial charge in [-0.3, -0.25) is 9.11 Å². The molecule has 0 radical (unpaired) electrons. The number of aromatic nitrogens is 1. The van der Waals surface area contributed by atoms with E-state index in [2.05, 4.69) is 20.8 Å². The van der Waals surface area contributed by atoms with Gasteiger partial charge in [0.25, 0.3) is 0 Å². The summed E-state index contributed by atoms with van der Waals surface area (Å²) in [6.07, 6.45) is 0. The Bertz CT molecular complexity index is 1270. The predicted octanol–water partition coefficient (Wildman–Crippen LogP) is 4.24. The van der Waals surface area contributed by atoms with Crippen LogP contribution < -0.4 is 0 Å². The first-order chi connectivity index (χ1) is 16.8. The SMILES string of the molecule is CCOC(=O)c1c(CS(=O)Cc2cccc(F)c2)n(C)c2cc(Br)c(O)c(CN3CCOCC3)c12. The minimum absolute atomic E-state index is 0.0626. The maximum absolute atomic E-state index is 13.6. The molecule has 1 aliphatic rings.